The average molecular weight is 253 g/mol. The lowest BCUT2D eigenvalue weighted by Gasteiger charge is -2.21. The van der Waals surface area contributed by atoms with E-state index >= 15 is 0 Å². The minimum absolute atomic E-state index is 0.289. The number of ether oxygens (including phenoxy) is 1. The standard InChI is InChI=1S/C14H23NOS/c1-4-6-13(15)14(5-2)17-12-9-7-11(16-3)8-10-12/h7-10,13-14H,4-6,15H2,1-3H3. The molecule has 0 aliphatic carbocycles. The highest BCUT2D eigenvalue weighted by atomic mass is 32.2. The summed E-state index contributed by atoms with van der Waals surface area (Å²) in [6, 6.07) is 8.49. The summed E-state index contributed by atoms with van der Waals surface area (Å²) in [6.07, 6.45) is 3.36. The second kappa shape index (κ2) is 7.62. The van der Waals surface area contributed by atoms with E-state index in [1.54, 1.807) is 7.11 Å². The third-order valence-electron chi connectivity index (χ3n) is 2.85. The van der Waals surface area contributed by atoms with E-state index < -0.39 is 0 Å². The fraction of sp³-hybridized carbons (Fsp3) is 0.571. The van der Waals surface area contributed by atoms with Crippen LogP contribution in [0.1, 0.15) is 33.1 Å². The van der Waals surface area contributed by atoms with Crippen LogP contribution in [0.3, 0.4) is 0 Å². The summed E-state index contributed by atoms with van der Waals surface area (Å²) < 4.78 is 5.15. The molecule has 2 atom stereocenters. The van der Waals surface area contributed by atoms with Crippen molar-refractivity contribution in [2.45, 2.75) is 49.3 Å². The second-order valence-electron chi connectivity index (χ2n) is 4.19. The summed E-state index contributed by atoms with van der Waals surface area (Å²) in [5, 5.41) is 0.503. The van der Waals surface area contributed by atoms with Gasteiger partial charge in [-0.3, -0.25) is 0 Å². The van der Waals surface area contributed by atoms with Gasteiger partial charge in [0.15, 0.2) is 0 Å². The molecular weight excluding hydrogens is 230 g/mol. The smallest absolute Gasteiger partial charge is 0.118 e. The predicted molar refractivity (Wildman–Crippen MR) is 75.8 cm³/mol. The molecule has 0 fully saturated rings. The molecular formula is C14H23NOS. The number of hydrogen-bond acceptors (Lipinski definition) is 3. The zero-order valence-electron chi connectivity index (χ0n) is 11.0. The Labute approximate surface area is 109 Å². The molecule has 17 heavy (non-hydrogen) atoms. The van der Waals surface area contributed by atoms with Crippen LogP contribution in [0.4, 0.5) is 0 Å². The SMILES string of the molecule is CCCC(N)C(CC)Sc1ccc(OC)cc1. The zero-order chi connectivity index (χ0) is 12.7. The van der Waals surface area contributed by atoms with Crippen LogP contribution in [0.15, 0.2) is 29.2 Å². The molecule has 1 rings (SSSR count). The molecule has 0 aliphatic heterocycles. The zero-order valence-corrected chi connectivity index (χ0v) is 11.8. The van der Waals surface area contributed by atoms with Crippen LogP contribution in [-0.2, 0) is 0 Å². The normalized spacial score (nSPS) is 14.4. The lowest BCUT2D eigenvalue weighted by Crippen LogP contribution is -2.31. The molecule has 0 saturated carbocycles. The topological polar surface area (TPSA) is 35.2 Å². The Balaban J connectivity index is 2.60. The van der Waals surface area contributed by atoms with E-state index in [0.29, 0.717) is 5.25 Å². The predicted octanol–water partition coefficient (Wildman–Crippen LogP) is 3.69. The van der Waals surface area contributed by atoms with Crippen LogP contribution in [0, 0.1) is 0 Å². The van der Waals surface area contributed by atoms with Gasteiger partial charge in [0.1, 0.15) is 5.75 Å². The van der Waals surface area contributed by atoms with E-state index in [9.17, 15) is 0 Å². The Kier molecular flexibility index (Phi) is 6.45. The first-order valence-corrected chi connectivity index (χ1v) is 7.15. The maximum atomic E-state index is 6.20. The molecule has 0 saturated heterocycles. The summed E-state index contributed by atoms with van der Waals surface area (Å²) >= 11 is 1.88. The first-order valence-electron chi connectivity index (χ1n) is 6.27. The van der Waals surface area contributed by atoms with Gasteiger partial charge in [0, 0.05) is 16.2 Å². The highest BCUT2D eigenvalue weighted by Gasteiger charge is 2.16. The van der Waals surface area contributed by atoms with Crippen molar-refractivity contribution in [2.24, 2.45) is 5.73 Å². The third kappa shape index (κ3) is 4.60. The number of nitrogens with two attached hydrogens (primary N) is 1. The van der Waals surface area contributed by atoms with E-state index in [1.807, 2.05) is 23.9 Å². The Morgan fingerprint density at radius 1 is 1.24 bits per heavy atom. The summed E-state index contributed by atoms with van der Waals surface area (Å²) in [4.78, 5) is 1.27. The molecule has 0 heterocycles. The Hall–Kier alpha value is -0.670. The van der Waals surface area contributed by atoms with Crippen molar-refractivity contribution in [2.75, 3.05) is 7.11 Å². The van der Waals surface area contributed by atoms with Gasteiger partial charge in [-0.15, -0.1) is 11.8 Å². The van der Waals surface area contributed by atoms with Crippen molar-refractivity contribution < 1.29 is 4.74 Å². The minimum Gasteiger partial charge on any atom is -0.497 e. The fourth-order valence-electron chi connectivity index (χ4n) is 1.82. The van der Waals surface area contributed by atoms with Crippen LogP contribution in [0.2, 0.25) is 0 Å². The van der Waals surface area contributed by atoms with Gasteiger partial charge in [0.25, 0.3) is 0 Å². The lowest BCUT2D eigenvalue weighted by molar-refractivity contribution is 0.414. The molecule has 0 aromatic heterocycles. The Morgan fingerprint density at radius 2 is 1.88 bits per heavy atom. The third-order valence-corrected chi connectivity index (χ3v) is 4.38. The molecule has 2 N–H and O–H groups in total. The molecule has 96 valence electrons. The van der Waals surface area contributed by atoms with E-state index in [2.05, 4.69) is 26.0 Å². The van der Waals surface area contributed by atoms with Gasteiger partial charge >= 0.3 is 0 Å². The van der Waals surface area contributed by atoms with Crippen LogP contribution >= 0.6 is 11.8 Å². The van der Waals surface area contributed by atoms with E-state index in [0.717, 1.165) is 25.0 Å². The molecule has 0 spiro atoms. The number of methoxy groups -OCH3 is 1. The van der Waals surface area contributed by atoms with Gasteiger partial charge in [-0.1, -0.05) is 20.3 Å². The van der Waals surface area contributed by atoms with Crippen molar-refractivity contribution in [3.05, 3.63) is 24.3 Å². The molecule has 1 aromatic rings. The summed E-state index contributed by atoms with van der Waals surface area (Å²) in [5.74, 6) is 0.903. The van der Waals surface area contributed by atoms with Gasteiger partial charge in [-0.25, -0.2) is 0 Å². The second-order valence-corrected chi connectivity index (χ2v) is 5.51. The average Bonchev–Trinajstić information content (AvgIpc) is 2.37. The number of benzene rings is 1. The maximum absolute atomic E-state index is 6.20. The van der Waals surface area contributed by atoms with Gasteiger partial charge < -0.3 is 10.5 Å². The van der Waals surface area contributed by atoms with E-state index in [4.69, 9.17) is 10.5 Å². The molecule has 0 amide bonds. The number of hydrogen-bond donors (Lipinski definition) is 1. The van der Waals surface area contributed by atoms with Crippen molar-refractivity contribution in [1.29, 1.82) is 0 Å². The van der Waals surface area contributed by atoms with E-state index in [1.165, 1.54) is 4.90 Å². The highest BCUT2D eigenvalue weighted by molar-refractivity contribution is 8.00. The molecule has 0 radical (unpaired) electrons. The molecule has 2 nitrogen and oxygen atoms in total. The van der Waals surface area contributed by atoms with Gasteiger partial charge in [0.05, 0.1) is 7.11 Å². The van der Waals surface area contributed by atoms with E-state index in [-0.39, 0.29) is 6.04 Å². The lowest BCUT2D eigenvalue weighted by atomic mass is 10.1. The van der Waals surface area contributed by atoms with Crippen LogP contribution in [-0.4, -0.2) is 18.4 Å². The van der Waals surface area contributed by atoms with Crippen molar-refractivity contribution in [3.8, 4) is 5.75 Å². The molecule has 0 bridgehead atoms. The number of rotatable bonds is 7. The van der Waals surface area contributed by atoms with Crippen LogP contribution in [0.5, 0.6) is 5.75 Å². The van der Waals surface area contributed by atoms with Crippen LogP contribution in [0.25, 0.3) is 0 Å². The Bertz CT molecular complexity index is 313. The van der Waals surface area contributed by atoms with Crippen molar-refractivity contribution >= 4 is 11.8 Å². The summed E-state index contributed by atoms with van der Waals surface area (Å²) in [5.41, 5.74) is 6.20. The van der Waals surface area contributed by atoms with Gasteiger partial charge in [0.2, 0.25) is 0 Å². The maximum Gasteiger partial charge on any atom is 0.118 e. The summed E-state index contributed by atoms with van der Waals surface area (Å²) in [6.45, 7) is 4.39. The fourth-order valence-corrected chi connectivity index (χ4v) is 2.94. The summed E-state index contributed by atoms with van der Waals surface area (Å²) in [7, 11) is 1.69. The molecule has 3 heteroatoms. The minimum atomic E-state index is 0.289. The quantitative estimate of drug-likeness (QED) is 0.753. The first-order chi connectivity index (χ1) is 8.21. The molecule has 1 aromatic carbocycles. The highest BCUT2D eigenvalue weighted by Crippen LogP contribution is 2.29. The van der Waals surface area contributed by atoms with Gasteiger partial charge in [-0.05, 0) is 37.1 Å². The first kappa shape index (κ1) is 14.4. The largest absolute Gasteiger partial charge is 0.497 e. The van der Waals surface area contributed by atoms with Crippen molar-refractivity contribution in [1.82, 2.24) is 0 Å². The number of thioether (sulfide) groups is 1. The van der Waals surface area contributed by atoms with Gasteiger partial charge in [-0.2, -0.15) is 0 Å². The molecule has 2 unspecified atom stereocenters. The van der Waals surface area contributed by atoms with Crippen LogP contribution < -0.4 is 10.5 Å². The molecule has 0 aliphatic rings. The monoisotopic (exact) mass is 253 g/mol. The Morgan fingerprint density at radius 3 is 2.35 bits per heavy atom. The van der Waals surface area contributed by atoms with Crippen molar-refractivity contribution in [3.63, 3.8) is 0 Å².